The summed E-state index contributed by atoms with van der Waals surface area (Å²) in [6.45, 7) is 10.6. The number of hydrogen-bond acceptors (Lipinski definition) is 4. The number of carbonyl (C=O) groups is 2. The predicted octanol–water partition coefficient (Wildman–Crippen LogP) is 3.36. The number of carbonyl (C=O) groups excluding carboxylic acids is 2. The van der Waals surface area contributed by atoms with E-state index in [1.807, 2.05) is 46.8 Å². The van der Waals surface area contributed by atoms with Crippen molar-refractivity contribution in [3.63, 3.8) is 0 Å². The lowest BCUT2D eigenvalue weighted by atomic mass is 9.94. The van der Waals surface area contributed by atoms with Crippen LogP contribution in [-0.2, 0) is 9.53 Å². The van der Waals surface area contributed by atoms with Crippen molar-refractivity contribution in [3.05, 3.63) is 29.7 Å². The van der Waals surface area contributed by atoms with Crippen LogP contribution in [0.1, 0.15) is 45.6 Å². The Bertz CT molecular complexity index is 642. The lowest BCUT2D eigenvalue weighted by molar-refractivity contribution is -0.127. The van der Waals surface area contributed by atoms with Crippen molar-refractivity contribution in [3.8, 4) is 0 Å². The molecule has 0 radical (unpaired) electrons. The fourth-order valence-electron chi connectivity index (χ4n) is 2.82. The minimum absolute atomic E-state index is 0.00982. The van der Waals surface area contributed by atoms with Crippen molar-refractivity contribution < 1.29 is 18.7 Å². The predicted molar refractivity (Wildman–Crippen MR) is 96.0 cm³/mol. The van der Waals surface area contributed by atoms with Gasteiger partial charge < -0.3 is 19.4 Å². The molecule has 2 atom stereocenters. The van der Waals surface area contributed by atoms with Gasteiger partial charge in [-0.05, 0) is 58.2 Å². The van der Waals surface area contributed by atoms with Crippen molar-refractivity contribution in [2.45, 2.75) is 52.7 Å². The number of nitrogens with one attached hydrogen (secondary N) is 1. The van der Waals surface area contributed by atoms with Crippen LogP contribution in [-0.4, -0.2) is 41.6 Å². The minimum atomic E-state index is -0.515. The molecule has 2 rings (SSSR count). The van der Waals surface area contributed by atoms with Crippen LogP contribution < -0.4 is 5.32 Å². The molecule has 0 bridgehead atoms. The molecule has 6 nitrogen and oxygen atoms in total. The largest absolute Gasteiger partial charge is 0.462 e. The second-order valence-electron chi connectivity index (χ2n) is 7.58. The van der Waals surface area contributed by atoms with Gasteiger partial charge >= 0.3 is 6.09 Å². The monoisotopic (exact) mass is 348 g/mol. The molecule has 0 aliphatic carbocycles. The smallest absolute Gasteiger partial charge is 0.407 e. The van der Waals surface area contributed by atoms with Crippen LogP contribution in [0.4, 0.5) is 4.79 Å². The van der Waals surface area contributed by atoms with E-state index in [0.717, 1.165) is 5.76 Å². The number of piperidine rings is 1. The van der Waals surface area contributed by atoms with E-state index in [-0.39, 0.29) is 17.9 Å². The zero-order chi connectivity index (χ0) is 18.6. The second kappa shape index (κ2) is 7.76. The number of hydrogen-bond donors (Lipinski definition) is 1. The molecule has 25 heavy (non-hydrogen) atoms. The van der Waals surface area contributed by atoms with Gasteiger partial charge in [0, 0.05) is 25.2 Å². The van der Waals surface area contributed by atoms with Crippen molar-refractivity contribution >= 4 is 18.1 Å². The summed E-state index contributed by atoms with van der Waals surface area (Å²) in [6.07, 6.45) is 3.52. The highest BCUT2D eigenvalue weighted by atomic mass is 16.6. The van der Waals surface area contributed by atoms with E-state index in [4.69, 9.17) is 9.15 Å². The van der Waals surface area contributed by atoms with Gasteiger partial charge in [-0.1, -0.05) is 6.92 Å². The molecule has 0 spiro atoms. The zero-order valence-electron chi connectivity index (χ0n) is 15.7. The van der Waals surface area contributed by atoms with Crippen LogP contribution in [0.15, 0.2) is 22.6 Å². The standard InChI is InChI=1S/C19H28N2O4/c1-13-12-21(17(22)9-8-15-7-6-14(2)24-15)11-10-16(13)20-18(23)25-19(3,4)5/h6-9,13,16H,10-12H2,1-5H3,(H,20,23)/b9-8+/t13-,16+/m1/s1. The highest BCUT2D eigenvalue weighted by molar-refractivity contribution is 5.91. The molecular weight excluding hydrogens is 320 g/mol. The van der Waals surface area contributed by atoms with E-state index < -0.39 is 11.7 Å². The third-order valence-corrected chi connectivity index (χ3v) is 4.07. The number of amides is 2. The SMILES string of the molecule is Cc1ccc(/C=C/C(=O)N2CC[C@H](NC(=O)OC(C)(C)C)[C@H](C)C2)o1. The molecule has 6 heteroatoms. The number of furan rings is 1. The minimum Gasteiger partial charge on any atom is -0.462 e. The number of rotatable bonds is 3. The molecule has 0 unspecified atom stereocenters. The third kappa shape index (κ3) is 5.96. The maximum Gasteiger partial charge on any atom is 0.407 e. The van der Waals surface area contributed by atoms with Gasteiger partial charge in [-0.25, -0.2) is 4.79 Å². The van der Waals surface area contributed by atoms with E-state index in [1.54, 1.807) is 11.0 Å². The van der Waals surface area contributed by atoms with Gasteiger partial charge in [-0.3, -0.25) is 4.79 Å². The fourth-order valence-corrected chi connectivity index (χ4v) is 2.82. The summed E-state index contributed by atoms with van der Waals surface area (Å²) < 4.78 is 10.7. The zero-order valence-corrected chi connectivity index (χ0v) is 15.7. The average molecular weight is 348 g/mol. The molecule has 1 fully saturated rings. The highest BCUT2D eigenvalue weighted by Gasteiger charge is 2.30. The molecule has 0 saturated carbocycles. The maximum absolute atomic E-state index is 12.3. The Hall–Kier alpha value is -2.24. The van der Waals surface area contributed by atoms with Gasteiger partial charge in [-0.15, -0.1) is 0 Å². The molecule has 2 amide bonds. The van der Waals surface area contributed by atoms with Gasteiger partial charge in [-0.2, -0.15) is 0 Å². The van der Waals surface area contributed by atoms with E-state index >= 15 is 0 Å². The summed E-state index contributed by atoms with van der Waals surface area (Å²) in [5.74, 6) is 1.59. The van der Waals surface area contributed by atoms with Crippen molar-refractivity contribution in [1.29, 1.82) is 0 Å². The summed E-state index contributed by atoms with van der Waals surface area (Å²) in [7, 11) is 0. The Kier molecular flexibility index (Phi) is 5.93. The van der Waals surface area contributed by atoms with E-state index in [0.29, 0.717) is 25.3 Å². The van der Waals surface area contributed by atoms with E-state index in [1.165, 1.54) is 6.08 Å². The normalized spacial score (nSPS) is 21.4. The molecule has 1 aromatic heterocycles. The number of likely N-dealkylation sites (tertiary alicyclic amines) is 1. The van der Waals surface area contributed by atoms with Crippen molar-refractivity contribution in [1.82, 2.24) is 10.2 Å². The first-order valence-electron chi connectivity index (χ1n) is 8.67. The van der Waals surface area contributed by atoms with Crippen molar-refractivity contribution in [2.24, 2.45) is 5.92 Å². The first-order chi connectivity index (χ1) is 11.6. The number of aryl methyl sites for hydroxylation is 1. The quantitative estimate of drug-likeness (QED) is 0.850. The Morgan fingerprint density at radius 1 is 1.36 bits per heavy atom. The van der Waals surface area contributed by atoms with Crippen molar-refractivity contribution in [2.75, 3.05) is 13.1 Å². The Morgan fingerprint density at radius 3 is 2.64 bits per heavy atom. The summed E-state index contributed by atoms with van der Waals surface area (Å²) in [5.41, 5.74) is -0.515. The van der Waals surface area contributed by atoms with Crippen LogP contribution in [0, 0.1) is 12.8 Å². The number of nitrogens with zero attached hydrogens (tertiary/aromatic N) is 1. The van der Waals surface area contributed by atoms with Crippen LogP contribution in [0.5, 0.6) is 0 Å². The van der Waals surface area contributed by atoms with Gasteiger partial charge in [0.25, 0.3) is 0 Å². The van der Waals surface area contributed by atoms with Crippen LogP contribution in [0.3, 0.4) is 0 Å². The van der Waals surface area contributed by atoms with Gasteiger partial charge in [0.2, 0.25) is 5.91 Å². The first kappa shape index (κ1) is 19.1. The summed E-state index contributed by atoms with van der Waals surface area (Å²) in [4.78, 5) is 26.0. The van der Waals surface area contributed by atoms with Gasteiger partial charge in [0.1, 0.15) is 17.1 Å². The Labute approximate surface area is 149 Å². The first-order valence-corrected chi connectivity index (χ1v) is 8.67. The van der Waals surface area contributed by atoms with Crippen LogP contribution in [0.25, 0.3) is 6.08 Å². The second-order valence-corrected chi connectivity index (χ2v) is 7.58. The molecular formula is C19H28N2O4. The lowest BCUT2D eigenvalue weighted by Gasteiger charge is -2.37. The number of alkyl carbamates (subject to hydrolysis) is 1. The van der Waals surface area contributed by atoms with E-state index in [2.05, 4.69) is 5.32 Å². The topological polar surface area (TPSA) is 71.8 Å². The molecule has 1 saturated heterocycles. The van der Waals surface area contributed by atoms with Gasteiger partial charge in [0.15, 0.2) is 0 Å². The van der Waals surface area contributed by atoms with E-state index in [9.17, 15) is 9.59 Å². The average Bonchev–Trinajstić information content (AvgIpc) is 2.90. The summed E-state index contributed by atoms with van der Waals surface area (Å²) in [5, 5.41) is 2.91. The molecule has 2 heterocycles. The molecule has 1 N–H and O–H groups in total. The molecule has 1 aliphatic heterocycles. The highest BCUT2D eigenvalue weighted by Crippen LogP contribution is 2.18. The maximum atomic E-state index is 12.3. The summed E-state index contributed by atoms with van der Waals surface area (Å²) >= 11 is 0. The molecule has 1 aliphatic rings. The molecule has 138 valence electrons. The van der Waals surface area contributed by atoms with Crippen LogP contribution >= 0.6 is 0 Å². The Balaban J connectivity index is 1.85. The fraction of sp³-hybridized carbons (Fsp3) is 0.579. The summed E-state index contributed by atoms with van der Waals surface area (Å²) in [6, 6.07) is 3.70. The number of ether oxygens (including phenoxy) is 1. The lowest BCUT2D eigenvalue weighted by Crippen LogP contribution is -2.52. The Morgan fingerprint density at radius 2 is 2.08 bits per heavy atom. The third-order valence-electron chi connectivity index (χ3n) is 4.07. The van der Waals surface area contributed by atoms with Gasteiger partial charge in [0.05, 0.1) is 0 Å². The molecule has 1 aromatic rings. The molecule has 0 aromatic carbocycles. The van der Waals surface area contributed by atoms with Crippen LogP contribution in [0.2, 0.25) is 0 Å².